The van der Waals surface area contributed by atoms with Crippen LogP contribution in [0.3, 0.4) is 0 Å². The first-order valence-electron chi connectivity index (χ1n) is 8.88. The molecule has 0 aliphatic carbocycles. The number of anilines is 1. The summed E-state index contributed by atoms with van der Waals surface area (Å²) in [7, 11) is 0. The maximum atomic E-state index is 12.5. The zero-order chi connectivity index (χ0) is 20.1. The van der Waals surface area contributed by atoms with Crippen molar-refractivity contribution in [1.29, 1.82) is 0 Å². The summed E-state index contributed by atoms with van der Waals surface area (Å²) in [6, 6.07) is 10.1. The van der Waals surface area contributed by atoms with Crippen molar-refractivity contribution in [2.24, 2.45) is 5.73 Å². The number of rotatable bonds is 7. The molecule has 4 N–H and O–H groups in total. The molecule has 0 aliphatic rings. The van der Waals surface area contributed by atoms with Gasteiger partial charge in [0.2, 0.25) is 5.91 Å². The first kappa shape index (κ1) is 19.8. The molecule has 1 aromatic carbocycles. The van der Waals surface area contributed by atoms with E-state index in [1.807, 2.05) is 66.4 Å². The van der Waals surface area contributed by atoms with Crippen molar-refractivity contribution >= 4 is 35.0 Å². The lowest BCUT2D eigenvalue weighted by molar-refractivity contribution is -0.117. The average molecular weight is 398 g/mol. The van der Waals surface area contributed by atoms with Crippen LogP contribution in [-0.4, -0.2) is 39.4 Å². The topological polar surface area (TPSA) is 102 Å². The molecule has 2 heterocycles. The zero-order valence-corrected chi connectivity index (χ0v) is 16.6. The number of benzene rings is 1. The predicted octanol–water partition coefficient (Wildman–Crippen LogP) is 3.04. The van der Waals surface area contributed by atoms with Crippen LogP contribution in [0, 0.1) is 6.92 Å². The lowest BCUT2D eigenvalue weighted by Crippen LogP contribution is -2.46. The van der Waals surface area contributed by atoms with E-state index in [1.165, 1.54) is 0 Å². The molecular formula is C20H23N5O2S. The summed E-state index contributed by atoms with van der Waals surface area (Å²) in [5, 5.41) is 5.32. The van der Waals surface area contributed by atoms with E-state index < -0.39 is 12.1 Å². The fourth-order valence-electron chi connectivity index (χ4n) is 2.92. The van der Waals surface area contributed by atoms with Crippen LogP contribution in [0.2, 0.25) is 0 Å². The standard InChI is InChI=1S/C20H23N5O2S/c1-13-4-3-10-25-12-17(23-18(13)25)14-5-7-15(8-6-14)22-19(26)16(9-11-28-2)24-20(21)27/h3-8,10,12,16H,9,11H2,1-2H3,(H,22,26)(H3,21,24,27). The van der Waals surface area contributed by atoms with E-state index in [0.717, 1.165) is 28.2 Å². The van der Waals surface area contributed by atoms with Gasteiger partial charge in [0.15, 0.2) is 0 Å². The van der Waals surface area contributed by atoms with Crippen LogP contribution in [0.15, 0.2) is 48.8 Å². The lowest BCUT2D eigenvalue weighted by atomic mass is 10.1. The number of hydrogen-bond donors (Lipinski definition) is 3. The number of pyridine rings is 1. The number of primary amides is 1. The number of nitrogens with two attached hydrogens (primary N) is 1. The molecular weight excluding hydrogens is 374 g/mol. The molecule has 3 aromatic rings. The van der Waals surface area contributed by atoms with E-state index in [0.29, 0.717) is 12.1 Å². The monoisotopic (exact) mass is 397 g/mol. The van der Waals surface area contributed by atoms with Gasteiger partial charge < -0.3 is 20.8 Å². The first-order chi connectivity index (χ1) is 13.5. The van der Waals surface area contributed by atoms with E-state index in [2.05, 4.69) is 15.6 Å². The third kappa shape index (κ3) is 4.64. The number of aromatic nitrogens is 2. The minimum atomic E-state index is -0.709. The minimum absolute atomic E-state index is 0.288. The highest BCUT2D eigenvalue weighted by Crippen LogP contribution is 2.22. The van der Waals surface area contributed by atoms with Gasteiger partial charge in [-0.2, -0.15) is 11.8 Å². The Morgan fingerprint density at radius 2 is 2.00 bits per heavy atom. The third-order valence-corrected chi connectivity index (χ3v) is 5.01. The number of carbonyl (C=O) groups is 2. The molecule has 1 atom stereocenters. The number of carbonyl (C=O) groups excluding carboxylic acids is 2. The van der Waals surface area contributed by atoms with Gasteiger partial charge in [0.1, 0.15) is 11.7 Å². The number of imidazole rings is 1. The van der Waals surface area contributed by atoms with E-state index in [-0.39, 0.29) is 5.91 Å². The number of urea groups is 1. The summed E-state index contributed by atoms with van der Waals surface area (Å²) in [5.74, 6) is 0.453. The number of aryl methyl sites for hydroxylation is 1. The normalized spacial score (nSPS) is 11.9. The van der Waals surface area contributed by atoms with Crippen LogP contribution in [0.5, 0.6) is 0 Å². The molecule has 3 rings (SSSR count). The Kier molecular flexibility index (Phi) is 6.20. The van der Waals surface area contributed by atoms with Crippen LogP contribution in [0.4, 0.5) is 10.5 Å². The van der Waals surface area contributed by atoms with Gasteiger partial charge in [0, 0.05) is 23.6 Å². The molecule has 7 nitrogen and oxygen atoms in total. The van der Waals surface area contributed by atoms with Crippen molar-refractivity contribution in [1.82, 2.24) is 14.7 Å². The molecule has 0 saturated carbocycles. The summed E-state index contributed by atoms with van der Waals surface area (Å²) in [6.07, 6.45) is 6.40. The van der Waals surface area contributed by atoms with Crippen LogP contribution in [0.1, 0.15) is 12.0 Å². The predicted molar refractivity (Wildman–Crippen MR) is 114 cm³/mol. The molecule has 0 radical (unpaired) electrons. The third-order valence-electron chi connectivity index (χ3n) is 4.37. The molecule has 0 bridgehead atoms. The molecule has 146 valence electrons. The van der Waals surface area contributed by atoms with Crippen molar-refractivity contribution < 1.29 is 9.59 Å². The highest BCUT2D eigenvalue weighted by molar-refractivity contribution is 7.98. The van der Waals surface area contributed by atoms with Crippen molar-refractivity contribution in [3.05, 3.63) is 54.4 Å². The van der Waals surface area contributed by atoms with Gasteiger partial charge in [-0.15, -0.1) is 0 Å². The van der Waals surface area contributed by atoms with Gasteiger partial charge in [0.25, 0.3) is 0 Å². The maximum absolute atomic E-state index is 12.5. The Morgan fingerprint density at radius 1 is 1.25 bits per heavy atom. The van der Waals surface area contributed by atoms with Crippen molar-refractivity contribution in [3.8, 4) is 11.3 Å². The van der Waals surface area contributed by atoms with E-state index in [4.69, 9.17) is 5.73 Å². The smallest absolute Gasteiger partial charge is 0.312 e. The summed E-state index contributed by atoms with van der Waals surface area (Å²) in [6.45, 7) is 2.03. The Bertz CT molecular complexity index is 984. The van der Waals surface area contributed by atoms with Gasteiger partial charge >= 0.3 is 6.03 Å². The van der Waals surface area contributed by atoms with Gasteiger partial charge in [-0.3, -0.25) is 4.79 Å². The fraction of sp³-hybridized carbons (Fsp3) is 0.250. The summed E-state index contributed by atoms with van der Waals surface area (Å²) in [4.78, 5) is 28.3. The van der Waals surface area contributed by atoms with Crippen LogP contribution in [-0.2, 0) is 4.79 Å². The summed E-state index contributed by atoms with van der Waals surface area (Å²) < 4.78 is 1.99. The molecule has 8 heteroatoms. The van der Waals surface area contributed by atoms with Crippen molar-refractivity contribution in [2.45, 2.75) is 19.4 Å². The summed E-state index contributed by atoms with van der Waals surface area (Å²) >= 11 is 1.60. The average Bonchev–Trinajstić information content (AvgIpc) is 3.11. The van der Waals surface area contributed by atoms with Gasteiger partial charge in [0.05, 0.1) is 5.69 Å². The Hall–Kier alpha value is -3.00. The van der Waals surface area contributed by atoms with E-state index in [1.54, 1.807) is 11.8 Å². The Labute approximate surface area is 167 Å². The van der Waals surface area contributed by atoms with Crippen molar-refractivity contribution in [3.63, 3.8) is 0 Å². The van der Waals surface area contributed by atoms with E-state index in [9.17, 15) is 9.59 Å². The zero-order valence-electron chi connectivity index (χ0n) is 15.8. The molecule has 1 unspecified atom stereocenters. The molecule has 0 aliphatic heterocycles. The molecule has 0 saturated heterocycles. The number of thioether (sulfide) groups is 1. The first-order valence-corrected chi connectivity index (χ1v) is 10.3. The fourth-order valence-corrected chi connectivity index (χ4v) is 3.39. The number of fused-ring (bicyclic) bond motifs is 1. The van der Waals surface area contributed by atoms with Crippen LogP contribution in [0.25, 0.3) is 16.9 Å². The molecule has 0 fully saturated rings. The van der Waals surface area contributed by atoms with Gasteiger partial charge in [-0.1, -0.05) is 18.2 Å². The van der Waals surface area contributed by atoms with Gasteiger partial charge in [-0.25, -0.2) is 9.78 Å². The minimum Gasteiger partial charge on any atom is -0.352 e. The highest BCUT2D eigenvalue weighted by atomic mass is 32.2. The van der Waals surface area contributed by atoms with Gasteiger partial charge in [-0.05, 0) is 49.1 Å². The molecule has 0 spiro atoms. The van der Waals surface area contributed by atoms with Crippen molar-refractivity contribution in [2.75, 3.05) is 17.3 Å². The van der Waals surface area contributed by atoms with E-state index >= 15 is 0 Å². The summed E-state index contributed by atoms with van der Waals surface area (Å²) in [5.41, 5.74) is 9.67. The molecule has 2 aromatic heterocycles. The Morgan fingerprint density at radius 3 is 2.64 bits per heavy atom. The molecule has 3 amide bonds. The Balaban J connectivity index is 1.73. The second-order valence-corrected chi connectivity index (χ2v) is 7.44. The number of nitrogens with zero attached hydrogens (tertiary/aromatic N) is 2. The second kappa shape index (κ2) is 8.79. The number of hydrogen-bond acceptors (Lipinski definition) is 4. The molecule has 28 heavy (non-hydrogen) atoms. The maximum Gasteiger partial charge on any atom is 0.312 e. The highest BCUT2D eigenvalue weighted by Gasteiger charge is 2.19. The largest absolute Gasteiger partial charge is 0.352 e. The number of nitrogens with one attached hydrogen (secondary N) is 2. The second-order valence-electron chi connectivity index (χ2n) is 6.46. The quantitative estimate of drug-likeness (QED) is 0.570. The SMILES string of the molecule is CSCCC(NC(N)=O)C(=O)Nc1ccc(-c2cn3cccc(C)c3n2)cc1. The number of amides is 3. The van der Waals surface area contributed by atoms with Crippen LogP contribution >= 0.6 is 11.8 Å². The van der Waals surface area contributed by atoms with Crippen LogP contribution < -0.4 is 16.4 Å². The lowest BCUT2D eigenvalue weighted by Gasteiger charge is -2.17.